The minimum absolute atomic E-state index is 0.161. The monoisotopic (exact) mass is 313 g/mol. The topological polar surface area (TPSA) is 63.1 Å². The first-order chi connectivity index (χ1) is 9.58. The molecule has 0 aromatic carbocycles. The summed E-state index contributed by atoms with van der Waals surface area (Å²) in [6, 6.07) is 0. The Balaban J connectivity index is 2.08. The minimum atomic E-state index is -0.281. The fourth-order valence-corrected chi connectivity index (χ4v) is 2.32. The number of nitrogens with zero attached hydrogens (tertiary/aromatic N) is 4. The molecule has 0 saturated heterocycles. The van der Waals surface area contributed by atoms with Crippen LogP contribution in [0.3, 0.4) is 0 Å². The number of hydrogen-bond acceptors (Lipinski definition) is 6. The Morgan fingerprint density at radius 2 is 2.30 bits per heavy atom. The van der Waals surface area contributed by atoms with E-state index in [1.165, 1.54) is 16.0 Å². The van der Waals surface area contributed by atoms with Gasteiger partial charge >= 0.3 is 0 Å². The lowest BCUT2D eigenvalue weighted by atomic mass is 10.4. The molecular formula is C12H16ClN5OS. The highest BCUT2D eigenvalue weighted by molar-refractivity contribution is 7.07. The SMILES string of the molecule is CN(C)CCn1ncc(NCc2cscn2)c(Cl)c1=O. The molecule has 2 aromatic heterocycles. The zero-order valence-electron chi connectivity index (χ0n) is 11.3. The van der Waals surface area contributed by atoms with Crippen molar-refractivity contribution in [1.29, 1.82) is 0 Å². The van der Waals surface area contributed by atoms with Crippen LogP contribution in [0.25, 0.3) is 0 Å². The van der Waals surface area contributed by atoms with Crippen LogP contribution in [-0.2, 0) is 13.1 Å². The van der Waals surface area contributed by atoms with E-state index in [0.29, 0.717) is 18.8 Å². The van der Waals surface area contributed by atoms with Crippen molar-refractivity contribution in [2.45, 2.75) is 13.1 Å². The number of likely N-dealkylation sites (N-methyl/N-ethyl adjacent to an activating group) is 1. The average Bonchev–Trinajstić information content (AvgIpc) is 2.92. The van der Waals surface area contributed by atoms with Crippen LogP contribution >= 0.6 is 22.9 Å². The summed E-state index contributed by atoms with van der Waals surface area (Å²) in [5, 5.41) is 9.30. The van der Waals surface area contributed by atoms with Crippen molar-refractivity contribution >= 4 is 28.6 Å². The highest BCUT2D eigenvalue weighted by Crippen LogP contribution is 2.16. The fourth-order valence-electron chi connectivity index (χ4n) is 1.55. The summed E-state index contributed by atoms with van der Waals surface area (Å²) < 4.78 is 1.37. The van der Waals surface area contributed by atoms with Crippen molar-refractivity contribution in [3.8, 4) is 0 Å². The van der Waals surface area contributed by atoms with E-state index in [1.54, 1.807) is 11.7 Å². The second-order valence-electron chi connectivity index (χ2n) is 4.54. The lowest BCUT2D eigenvalue weighted by Crippen LogP contribution is -2.29. The van der Waals surface area contributed by atoms with Gasteiger partial charge in [-0.1, -0.05) is 11.6 Å². The normalized spacial score (nSPS) is 11.0. The van der Waals surface area contributed by atoms with E-state index in [4.69, 9.17) is 11.6 Å². The third-order valence-electron chi connectivity index (χ3n) is 2.69. The van der Waals surface area contributed by atoms with E-state index in [2.05, 4.69) is 15.4 Å². The smallest absolute Gasteiger partial charge is 0.287 e. The van der Waals surface area contributed by atoms with Crippen LogP contribution in [0.15, 0.2) is 21.9 Å². The highest BCUT2D eigenvalue weighted by Gasteiger charge is 2.09. The molecule has 0 radical (unpaired) electrons. The second kappa shape index (κ2) is 6.83. The Kier molecular flexibility index (Phi) is 5.11. The predicted octanol–water partition coefficient (Wildman–Crippen LogP) is 1.53. The standard InChI is InChI=1S/C12H16ClN5OS/c1-17(2)3-4-18-12(19)11(13)10(6-16-18)14-5-9-7-20-8-15-9/h6-8,14H,3-5H2,1-2H3. The summed E-state index contributed by atoms with van der Waals surface area (Å²) in [6.45, 7) is 1.76. The van der Waals surface area contributed by atoms with Gasteiger partial charge in [0.25, 0.3) is 5.56 Å². The molecule has 0 unspecified atom stereocenters. The number of halogens is 1. The molecular weight excluding hydrogens is 298 g/mol. The van der Waals surface area contributed by atoms with Gasteiger partial charge in [0, 0.05) is 11.9 Å². The Morgan fingerprint density at radius 1 is 1.50 bits per heavy atom. The van der Waals surface area contributed by atoms with Gasteiger partial charge in [0.15, 0.2) is 0 Å². The van der Waals surface area contributed by atoms with Crippen LogP contribution in [0.4, 0.5) is 5.69 Å². The Bertz CT molecular complexity index is 611. The summed E-state index contributed by atoms with van der Waals surface area (Å²) >= 11 is 7.61. The van der Waals surface area contributed by atoms with Crippen LogP contribution in [0.2, 0.25) is 5.02 Å². The van der Waals surface area contributed by atoms with Crippen molar-refractivity contribution in [2.24, 2.45) is 0 Å². The number of rotatable bonds is 6. The zero-order chi connectivity index (χ0) is 14.5. The van der Waals surface area contributed by atoms with Crippen molar-refractivity contribution in [3.63, 3.8) is 0 Å². The summed E-state index contributed by atoms with van der Waals surface area (Å²) in [5.74, 6) is 0. The highest BCUT2D eigenvalue weighted by atomic mass is 35.5. The Hall–Kier alpha value is -1.44. The summed E-state index contributed by atoms with van der Waals surface area (Å²) in [6.07, 6.45) is 1.58. The van der Waals surface area contributed by atoms with Gasteiger partial charge in [-0.2, -0.15) is 5.10 Å². The van der Waals surface area contributed by atoms with Crippen molar-refractivity contribution < 1.29 is 0 Å². The maximum atomic E-state index is 12.1. The number of thiazole rings is 1. The second-order valence-corrected chi connectivity index (χ2v) is 5.63. The molecule has 6 nitrogen and oxygen atoms in total. The number of anilines is 1. The van der Waals surface area contributed by atoms with Gasteiger partial charge in [-0.15, -0.1) is 11.3 Å². The first kappa shape index (κ1) is 15.0. The van der Waals surface area contributed by atoms with Gasteiger partial charge in [0.2, 0.25) is 0 Å². The maximum Gasteiger partial charge on any atom is 0.287 e. The molecule has 2 aromatic rings. The largest absolute Gasteiger partial charge is 0.377 e. The van der Waals surface area contributed by atoms with Gasteiger partial charge in [-0.25, -0.2) is 9.67 Å². The van der Waals surface area contributed by atoms with Gasteiger partial charge in [-0.05, 0) is 14.1 Å². The maximum absolute atomic E-state index is 12.1. The zero-order valence-corrected chi connectivity index (χ0v) is 12.9. The van der Waals surface area contributed by atoms with Crippen LogP contribution in [-0.4, -0.2) is 40.3 Å². The molecule has 2 heterocycles. The molecule has 0 amide bonds. The molecule has 0 aliphatic rings. The molecule has 0 fully saturated rings. The molecule has 0 aliphatic carbocycles. The summed E-state index contributed by atoms with van der Waals surface area (Å²) in [4.78, 5) is 18.2. The lowest BCUT2D eigenvalue weighted by molar-refractivity contribution is 0.367. The number of nitrogens with one attached hydrogen (secondary N) is 1. The molecule has 20 heavy (non-hydrogen) atoms. The van der Waals surface area contributed by atoms with E-state index in [0.717, 1.165) is 12.2 Å². The number of hydrogen-bond donors (Lipinski definition) is 1. The van der Waals surface area contributed by atoms with Gasteiger partial charge < -0.3 is 10.2 Å². The van der Waals surface area contributed by atoms with Crippen LogP contribution in [0.5, 0.6) is 0 Å². The molecule has 0 spiro atoms. The van der Waals surface area contributed by atoms with Gasteiger partial charge in [0.1, 0.15) is 5.02 Å². The predicted molar refractivity (Wildman–Crippen MR) is 81.5 cm³/mol. The Morgan fingerprint density at radius 3 is 2.95 bits per heavy atom. The van der Waals surface area contributed by atoms with Crippen molar-refractivity contribution in [1.82, 2.24) is 19.7 Å². The third kappa shape index (κ3) is 3.78. The van der Waals surface area contributed by atoms with E-state index < -0.39 is 0 Å². The van der Waals surface area contributed by atoms with E-state index in [1.807, 2.05) is 24.4 Å². The molecule has 1 N–H and O–H groups in total. The number of aromatic nitrogens is 3. The van der Waals surface area contributed by atoms with Crippen molar-refractivity contribution in [2.75, 3.05) is 26.0 Å². The third-order valence-corrected chi connectivity index (χ3v) is 3.69. The molecule has 2 rings (SSSR count). The van der Waals surface area contributed by atoms with Gasteiger partial charge in [-0.3, -0.25) is 4.79 Å². The molecule has 8 heteroatoms. The first-order valence-electron chi connectivity index (χ1n) is 6.09. The minimum Gasteiger partial charge on any atom is -0.377 e. The van der Waals surface area contributed by atoms with Crippen LogP contribution < -0.4 is 10.9 Å². The molecule has 108 valence electrons. The summed E-state index contributed by atoms with van der Waals surface area (Å²) in [5.41, 5.74) is 2.92. The fraction of sp³-hybridized carbons (Fsp3) is 0.417. The molecule has 0 bridgehead atoms. The first-order valence-corrected chi connectivity index (χ1v) is 7.41. The Labute approximate surface area is 126 Å². The van der Waals surface area contributed by atoms with E-state index in [9.17, 15) is 4.79 Å². The van der Waals surface area contributed by atoms with Gasteiger partial charge in [0.05, 0.1) is 36.2 Å². The van der Waals surface area contributed by atoms with Crippen LogP contribution in [0, 0.1) is 0 Å². The summed E-state index contributed by atoms with van der Waals surface area (Å²) in [7, 11) is 3.88. The molecule has 0 saturated carbocycles. The van der Waals surface area contributed by atoms with Crippen molar-refractivity contribution in [3.05, 3.63) is 38.2 Å². The average molecular weight is 314 g/mol. The quantitative estimate of drug-likeness (QED) is 0.876. The molecule has 0 aliphatic heterocycles. The van der Waals surface area contributed by atoms with E-state index >= 15 is 0 Å². The van der Waals surface area contributed by atoms with Crippen LogP contribution in [0.1, 0.15) is 5.69 Å². The lowest BCUT2D eigenvalue weighted by Gasteiger charge is -2.12. The van der Waals surface area contributed by atoms with E-state index in [-0.39, 0.29) is 10.6 Å². The molecule has 0 atom stereocenters.